The smallest absolute Gasteiger partial charge is 0.113 e. The maximum absolute atomic E-state index is 6.00. The molecular formula is C13H16ClN3O. The number of imidazole rings is 1. The van der Waals surface area contributed by atoms with Gasteiger partial charge in [0.1, 0.15) is 11.3 Å². The molecule has 2 unspecified atom stereocenters. The molecule has 1 saturated heterocycles. The summed E-state index contributed by atoms with van der Waals surface area (Å²) >= 11 is 6.00. The van der Waals surface area contributed by atoms with Gasteiger partial charge in [0.25, 0.3) is 0 Å². The molecule has 0 saturated carbocycles. The van der Waals surface area contributed by atoms with Crippen LogP contribution in [0.25, 0.3) is 11.0 Å². The lowest BCUT2D eigenvalue weighted by atomic mass is 9.99. The zero-order valence-corrected chi connectivity index (χ0v) is 11.0. The van der Waals surface area contributed by atoms with Crippen LogP contribution in [-0.4, -0.2) is 22.7 Å². The first kappa shape index (κ1) is 11.8. The topological polar surface area (TPSA) is 63.9 Å². The van der Waals surface area contributed by atoms with E-state index in [0.29, 0.717) is 16.6 Å². The zero-order valence-electron chi connectivity index (χ0n) is 10.2. The van der Waals surface area contributed by atoms with Crippen molar-refractivity contribution in [3.05, 3.63) is 23.0 Å². The van der Waals surface area contributed by atoms with Crippen LogP contribution in [0.4, 0.5) is 5.69 Å². The molecule has 0 bridgehead atoms. The number of ether oxygens (including phenoxy) is 1. The maximum atomic E-state index is 6.00. The molecular weight excluding hydrogens is 250 g/mol. The van der Waals surface area contributed by atoms with E-state index in [0.717, 1.165) is 36.3 Å². The lowest BCUT2D eigenvalue weighted by Gasteiger charge is -2.13. The number of fused-ring (bicyclic) bond motifs is 1. The molecule has 2 atom stereocenters. The number of benzene rings is 1. The van der Waals surface area contributed by atoms with E-state index in [2.05, 4.69) is 16.9 Å². The van der Waals surface area contributed by atoms with Crippen molar-refractivity contribution in [3.63, 3.8) is 0 Å². The number of anilines is 1. The average molecular weight is 266 g/mol. The van der Waals surface area contributed by atoms with Crippen LogP contribution in [-0.2, 0) is 4.74 Å². The highest BCUT2D eigenvalue weighted by Gasteiger charge is 2.30. The predicted molar refractivity (Wildman–Crippen MR) is 72.9 cm³/mol. The minimum atomic E-state index is 0.252. The number of nitrogen functional groups attached to an aromatic ring is 1. The van der Waals surface area contributed by atoms with Gasteiger partial charge in [0.05, 0.1) is 17.3 Å². The molecule has 1 fully saturated rings. The van der Waals surface area contributed by atoms with Gasteiger partial charge in [0, 0.05) is 17.5 Å². The third kappa shape index (κ3) is 1.85. The van der Waals surface area contributed by atoms with Gasteiger partial charge in [-0.15, -0.1) is 0 Å². The molecule has 3 N–H and O–H groups in total. The molecule has 2 heterocycles. The Balaban J connectivity index is 2.05. The Hall–Kier alpha value is -1.26. The lowest BCUT2D eigenvalue weighted by Crippen LogP contribution is -2.14. The lowest BCUT2D eigenvalue weighted by molar-refractivity contribution is 0.0996. The second-order valence-corrected chi connectivity index (χ2v) is 5.16. The third-order valence-corrected chi connectivity index (χ3v) is 3.78. The molecule has 1 aliphatic rings. The van der Waals surface area contributed by atoms with Crippen LogP contribution in [0.3, 0.4) is 0 Å². The summed E-state index contributed by atoms with van der Waals surface area (Å²) in [6.45, 7) is 2.94. The Bertz CT molecular complexity index is 581. The molecule has 0 amide bonds. The first-order chi connectivity index (χ1) is 8.69. The van der Waals surface area contributed by atoms with Gasteiger partial charge in [-0.3, -0.25) is 0 Å². The Morgan fingerprint density at radius 3 is 3.17 bits per heavy atom. The van der Waals surface area contributed by atoms with Crippen molar-refractivity contribution in [2.75, 3.05) is 12.3 Å². The number of rotatable bonds is 2. The number of aromatic nitrogens is 2. The van der Waals surface area contributed by atoms with E-state index in [-0.39, 0.29) is 6.10 Å². The zero-order chi connectivity index (χ0) is 12.7. The molecule has 1 aromatic heterocycles. The summed E-state index contributed by atoms with van der Waals surface area (Å²) in [5.74, 6) is 1.30. The molecule has 18 heavy (non-hydrogen) atoms. The van der Waals surface area contributed by atoms with Crippen molar-refractivity contribution in [1.29, 1.82) is 0 Å². The summed E-state index contributed by atoms with van der Waals surface area (Å²) in [6.07, 6.45) is 2.26. The molecule has 4 nitrogen and oxygen atoms in total. The largest absolute Gasteiger partial charge is 0.397 e. The predicted octanol–water partition coefficient (Wildman–Crippen LogP) is 3.08. The van der Waals surface area contributed by atoms with Crippen molar-refractivity contribution in [1.82, 2.24) is 9.97 Å². The van der Waals surface area contributed by atoms with Gasteiger partial charge < -0.3 is 15.5 Å². The minimum Gasteiger partial charge on any atom is -0.397 e. The van der Waals surface area contributed by atoms with Gasteiger partial charge >= 0.3 is 0 Å². The Morgan fingerprint density at radius 2 is 2.39 bits per heavy atom. The second kappa shape index (κ2) is 4.44. The van der Waals surface area contributed by atoms with Gasteiger partial charge in [-0.25, -0.2) is 4.98 Å². The van der Waals surface area contributed by atoms with E-state index in [9.17, 15) is 0 Å². The molecule has 1 aromatic carbocycles. The van der Waals surface area contributed by atoms with Gasteiger partial charge in [-0.05, 0) is 25.0 Å². The highest BCUT2D eigenvalue weighted by atomic mass is 35.5. The number of nitrogens with two attached hydrogens (primary N) is 1. The molecule has 3 rings (SSSR count). The van der Waals surface area contributed by atoms with Crippen LogP contribution in [0.5, 0.6) is 0 Å². The minimum absolute atomic E-state index is 0.252. The number of aromatic amines is 1. The van der Waals surface area contributed by atoms with E-state index in [1.54, 1.807) is 6.07 Å². The van der Waals surface area contributed by atoms with E-state index < -0.39 is 0 Å². The van der Waals surface area contributed by atoms with Crippen molar-refractivity contribution >= 4 is 28.3 Å². The summed E-state index contributed by atoms with van der Waals surface area (Å²) in [7, 11) is 0. The highest BCUT2D eigenvalue weighted by Crippen LogP contribution is 2.34. The van der Waals surface area contributed by atoms with E-state index in [1.807, 2.05) is 6.07 Å². The van der Waals surface area contributed by atoms with Gasteiger partial charge in [-0.1, -0.05) is 18.5 Å². The molecule has 2 aromatic rings. The molecule has 0 spiro atoms. The quantitative estimate of drug-likeness (QED) is 0.820. The second-order valence-electron chi connectivity index (χ2n) is 4.73. The number of hydrogen-bond donors (Lipinski definition) is 2. The Morgan fingerprint density at radius 1 is 1.56 bits per heavy atom. The SMILES string of the molecule is CCC1OCCC1c1nc2c(N)cc(Cl)cc2[nH]1. The fourth-order valence-corrected chi connectivity index (χ4v) is 2.89. The summed E-state index contributed by atoms with van der Waals surface area (Å²) in [4.78, 5) is 7.94. The third-order valence-electron chi connectivity index (χ3n) is 3.56. The Kier molecular flexibility index (Phi) is 2.92. The molecule has 96 valence electrons. The van der Waals surface area contributed by atoms with Crippen LogP contribution in [0.15, 0.2) is 12.1 Å². The van der Waals surface area contributed by atoms with Crippen molar-refractivity contribution < 1.29 is 4.74 Å². The molecule has 5 heteroatoms. The summed E-state index contributed by atoms with van der Waals surface area (Å²) in [6, 6.07) is 3.59. The van der Waals surface area contributed by atoms with E-state index in [1.165, 1.54) is 0 Å². The Labute approximate surface area is 110 Å². The normalized spacial score (nSPS) is 23.9. The molecule has 1 aliphatic heterocycles. The van der Waals surface area contributed by atoms with Crippen molar-refractivity contribution in [3.8, 4) is 0 Å². The average Bonchev–Trinajstić information content (AvgIpc) is 2.92. The summed E-state index contributed by atoms with van der Waals surface area (Å²) < 4.78 is 5.70. The fourth-order valence-electron chi connectivity index (χ4n) is 2.67. The standard InChI is InChI=1S/C13H16ClN3O/c1-2-11-8(3-4-18-11)13-16-10-6-7(14)5-9(15)12(10)17-13/h5-6,8,11H,2-4,15H2,1H3,(H,16,17). The first-order valence-electron chi connectivity index (χ1n) is 6.25. The van der Waals surface area contributed by atoms with Crippen LogP contribution < -0.4 is 5.73 Å². The number of nitrogens with one attached hydrogen (secondary N) is 1. The molecule has 0 aliphatic carbocycles. The molecule has 0 radical (unpaired) electrons. The summed E-state index contributed by atoms with van der Waals surface area (Å²) in [5, 5.41) is 0.630. The van der Waals surface area contributed by atoms with E-state index >= 15 is 0 Å². The highest BCUT2D eigenvalue weighted by molar-refractivity contribution is 6.31. The van der Waals surface area contributed by atoms with Crippen molar-refractivity contribution in [2.45, 2.75) is 31.8 Å². The van der Waals surface area contributed by atoms with Gasteiger partial charge in [0.15, 0.2) is 0 Å². The number of nitrogens with zero attached hydrogens (tertiary/aromatic N) is 1. The maximum Gasteiger partial charge on any atom is 0.113 e. The van der Waals surface area contributed by atoms with Crippen LogP contribution in [0.1, 0.15) is 31.5 Å². The van der Waals surface area contributed by atoms with Gasteiger partial charge in [0.2, 0.25) is 0 Å². The van der Waals surface area contributed by atoms with E-state index in [4.69, 9.17) is 22.1 Å². The van der Waals surface area contributed by atoms with Crippen molar-refractivity contribution in [2.24, 2.45) is 0 Å². The van der Waals surface area contributed by atoms with Crippen LogP contribution >= 0.6 is 11.6 Å². The first-order valence-corrected chi connectivity index (χ1v) is 6.63. The number of hydrogen-bond acceptors (Lipinski definition) is 3. The van der Waals surface area contributed by atoms with Crippen LogP contribution in [0, 0.1) is 0 Å². The van der Waals surface area contributed by atoms with Gasteiger partial charge in [-0.2, -0.15) is 0 Å². The number of H-pyrrole nitrogens is 1. The number of halogens is 1. The fraction of sp³-hybridized carbons (Fsp3) is 0.462. The summed E-state index contributed by atoms with van der Waals surface area (Å²) in [5.41, 5.74) is 8.26. The van der Waals surface area contributed by atoms with Crippen LogP contribution in [0.2, 0.25) is 5.02 Å². The monoisotopic (exact) mass is 265 g/mol.